The van der Waals surface area contributed by atoms with E-state index in [9.17, 15) is 0 Å². The van der Waals surface area contributed by atoms with Gasteiger partial charge >= 0.3 is 0 Å². The van der Waals surface area contributed by atoms with Gasteiger partial charge in [0.1, 0.15) is 5.17 Å². The number of hydrogen-bond acceptors (Lipinski definition) is 2. The highest BCUT2D eigenvalue weighted by atomic mass is 35.5. The topological polar surface area (TPSA) is 15.6 Å². The Bertz CT molecular complexity index is 650. The lowest BCUT2D eigenvalue weighted by Crippen LogP contribution is -2.11. The molecule has 0 unspecified atom stereocenters. The summed E-state index contributed by atoms with van der Waals surface area (Å²) in [4.78, 5) is 6.52. The van der Waals surface area contributed by atoms with E-state index in [4.69, 9.17) is 23.2 Å². The molecule has 4 heteroatoms. The summed E-state index contributed by atoms with van der Waals surface area (Å²) in [6.07, 6.45) is 0. The van der Waals surface area contributed by atoms with Crippen LogP contribution in [-0.4, -0.2) is 12.2 Å². The lowest BCUT2D eigenvalue weighted by molar-refractivity contribution is 1.21. The van der Waals surface area contributed by atoms with Gasteiger partial charge < -0.3 is 4.90 Å². The van der Waals surface area contributed by atoms with Crippen LogP contribution in [0, 0.1) is 0 Å². The van der Waals surface area contributed by atoms with Crippen molar-refractivity contribution in [1.29, 1.82) is 0 Å². The lowest BCUT2D eigenvalue weighted by Gasteiger charge is -2.21. The number of nitrogens with zero attached hydrogens (tertiary/aromatic N) is 2. The third kappa shape index (κ3) is 1.78. The predicted octanol–water partition coefficient (Wildman–Crippen LogP) is 4.74. The van der Waals surface area contributed by atoms with Crippen LogP contribution >= 0.6 is 23.2 Å². The fourth-order valence-electron chi connectivity index (χ4n) is 2.11. The van der Waals surface area contributed by atoms with Crippen LogP contribution in [0.15, 0.2) is 47.5 Å². The number of benzene rings is 2. The summed E-state index contributed by atoms with van der Waals surface area (Å²) in [6, 6.07) is 13.6. The molecule has 0 radical (unpaired) electrons. The minimum Gasteiger partial charge on any atom is -0.342 e. The molecule has 0 saturated carbocycles. The largest absolute Gasteiger partial charge is 0.342 e. The first kappa shape index (κ1) is 11.6. The number of hydrogen-bond donors (Lipinski definition) is 0. The fourth-order valence-corrected chi connectivity index (χ4v) is 2.52. The van der Waals surface area contributed by atoms with Gasteiger partial charge in [0.05, 0.1) is 17.1 Å². The molecule has 0 saturated heterocycles. The van der Waals surface area contributed by atoms with Crippen LogP contribution in [0.4, 0.5) is 17.1 Å². The summed E-state index contributed by atoms with van der Waals surface area (Å²) in [6.45, 7) is 0. The summed E-state index contributed by atoms with van der Waals surface area (Å²) in [5, 5.41) is 1.14. The lowest BCUT2D eigenvalue weighted by atomic mass is 10.1. The molecule has 0 bridgehead atoms. The van der Waals surface area contributed by atoms with Crippen molar-refractivity contribution in [3.05, 3.63) is 53.1 Å². The molecule has 1 heterocycles. The van der Waals surface area contributed by atoms with Crippen LogP contribution < -0.4 is 4.90 Å². The van der Waals surface area contributed by atoms with E-state index in [2.05, 4.69) is 9.89 Å². The smallest absolute Gasteiger partial charge is 0.139 e. The molecule has 1 aliphatic rings. The molecule has 2 nitrogen and oxygen atoms in total. The van der Waals surface area contributed by atoms with Crippen LogP contribution in [0.5, 0.6) is 0 Å². The van der Waals surface area contributed by atoms with E-state index in [-0.39, 0.29) is 0 Å². The highest BCUT2D eigenvalue weighted by Gasteiger charge is 2.19. The molecule has 0 spiro atoms. The Hall–Kier alpha value is -1.51. The zero-order valence-electron chi connectivity index (χ0n) is 9.69. The van der Waals surface area contributed by atoms with Crippen LogP contribution in [-0.2, 0) is 0 Å². The Morgan fingerprint density at radius 3 is 2.61 bits per heavy atom. The molecular weight excluding hydrogens is 267 g/mol. The van der Waals surface area contributed by atoms with E-state index >= 15 is 0 Å². The molecular formula is C14H10Cl2N2. The quantitative estimate of drug-likeness (QED) is 0.679. The van der Waals surface area contributed by atoms with Crippen molar-refractivity contribution in [2.24, 2.45) is 4.99 Å². The SMILES string of the molecule is CN1c2ccc(Cl)cc2N=C(Cl)c2ccccc21. The Morgan fingerprint density at radius 2 is 1.78 bits per heavy atom. The molecule has 2 aromatic carbocycles. The maximum atomic E-state index is 6.28. The molecule has 0 N–H and O–H groups in total. The van der Waals surface area contributed by atoms with Gasteiger partial charge in [0, 0.05) is 17.6 Å². The Kier molecular flexibility index (Phi) is 2.77. The average molecular weight is 277 g/mol. The summed E-state index contributed by atoms with van der Waals surface area (Å²) >= 11 is 12.3. The van der Waals surface area contributed by atoms with Gasteiger partial charge in [0.15, 0.2) is 0 Å². The van der Waals surface area contributed by atoms with E-state index in [1.807, 2.05) is 49.5 Å². The summed E-state index contributed by atoms with van der Waals surface area (Å²) in [5.74, 6) is 0. The van der Waals surface area contributed by atoms with Gasteiger partial charge in [-0.1, -0.05) is 35.3 Å². The van der Waals surface area contributed by atoms with E-state index in [1.165, 1.54) is 0 Å². The first-order chi connectivity index (χ1) is 8.66. The highest BCUT2D eigenvalue weighted by molar-refractivity contribution is 6.70. The van der Waals surface area contributed by atoms with Crippen molar-refractivity contribution in [1.82, 2.24) is 0 Å². The van der Waals surface area contributed by atoms with E-state index in [1.54, 1.807) is 0 Å². The van der Waals surface area contributed by atoms with Crippen LogP contribution in [0.1, 0.15) is 5.56 Å². The molecule has 0 fully saturated rings. The van der Waals surface area contributed by atoms with Gasteiger partial charge in [0.2, 0.25) is 0 Å². The molecule has 0 amide bonds. The summed E-state index contributed by atoms with van der Waals surface area (Å²) < 4.78 is 0. The highest BCUT2D eigenvalue weighted by Crippen LogP contribution is 2.40. The zero-order valence-corrected chi connectivity index (χ0v) is 11.2. The van der Waals surface area contributed by atoms with Crippen molar-refractivity contribution in [2.75, 3.05) is 11.9 Å². The van der Waals surface area contributed by atoms with Gasteiger partial charge in [-0.3, -0.25) is 0 Å². The van der Waals surface area contributed by atoms with E-state index < -0.39 is 0 Å². The van der Waals surface area contributed by atoms with Crippen molar-refractivity contribution < 1.29 is 0 Å². The summed E-state index contributed by atoms with van der Waals surface area (Å²) in [7, 11) is 2.00. The third-order valence-corrected chi connectivity index (χ3v) is 3.53. The maximum absolute atomic E-state index is 6.28. The third-order valence-electron chi connectivity index (χ3n) is 3.01. The fraction of sp³-hybridized carbons (Fsp3) is 0.0714. The molecule has 2 aromatic rings. The molecule has 18 heavy (non-hydrogen) atoms. The Balaban J connectivity index is 2.31. The maximum Gasteiger partial charge on any atom is 0.139 e. The second-order valence-corrected chi connectivity index (χ2v) is 4.91. The minimum absolute atomic E-state index is 0.485. The second kappa shape index (κ2) is 4.30. The zero-order chi connectivity index (χ0) is 12.7. The normalized spacial score (nSPS) is 13.5. The molecule has 0 aromatic heterocycles. The Labute approximate surface area is 115 Å². The Morgan fingerprint density at radius 1 is 1.00 bits per heavy atom. The van der Waals surface area contributed by atoms with Crippen LogP contribution in [0.2, 0.25) is 5.02 Å². The standard InChI is InChI=1S/C14H10Cl2N2/c1-18-12-5-3-2-4-10(12)14(16)17-11-8-9(15)6-7-13(11)18/h2-8H,1H3. The predicted molar refractivity (Wildman–Crippen MR) is 78.0 cm³/mol. The van der Waals surface area contributed by atoms with Crippen molar-refractivity contribution in [3.8, 4) is 0 Å². The van der Waals surface area contributed by atoms with E-state index in [0.29, 0.717) is 10.2 Å². The minimum atomic E-state index is 0.485. The number of halogens is 2. The average Bonchev–Trinajstić information content (AvgIpc) is 2.47. The number of rotatable bonds is 0. The van der Waals surface area contributed by atoms with Gasteiger partial charge in [0.25, 0.3) is 0 Å². The summed E-state index contributed by atoms with van der Waals surface area (Å²) in [5.41, 5.74) is 3.73. The van der Waals surface area contributed by atoms with Gasteiger partial charge in [-0.2, -0.15) is 0 Å². The van der Waals surface area contributed by atoms with Crippen LogP contribution in [0.25, 0.3) is 0 Å². The first-order valence-corrected chi connectivity index (χ1v) is 6.29. The van der Waals surface area contributed by atoms with Crippen molar-refractivity contribution in [3.63, 3.8) is 0 Å². The molecule has 0 aliphatic carbocycles. The van der Waals surface area contributed by atoms with Crippen LogP contribution in [0.3, 0.4) is 0 Å². The first-order valence-electron chi connectivity index (χ1n) is 5.53. The van der Waals surface area contributed by atoms with E-state index in [0.717, 1.165) is 22.6 Å². The van der Waals surface area contributed by atoms with Gasteiger partial charge in [-0.25, -0.2) is 4.99 Å². The van der Waals surface area contributed by atoms with Crippen molar-refractivity contribution >= 4 is 45.4 Å². The molecule has 1 aliphatic heterocycles. The van der Waals surface area contributed by atoms with Gasteiger partial charge in [-0.15, -0.1) is 0 Å². The monoisotopic (exact) mass is 276 g/mol. The second-order valence-electron chi connectivity index (χ2n) is 4.11. The number of aliphatic imine (C=N–C) groups is 1. The number of para-hydroxylation sites is 1. The molecule has 3 rings (SSSR count). The van der Waals surface area contributed by atoms with Gasteiger partial charge in [-0.05, 0) is 30.3 Å². The number of fused-ring (bicyclic) bond motifs is 2. The molecule has 0 atom stereocenters. The number of anilines is 2. The molecule has 90 valence electrons. The van der Waals surface area contributed by atoms with Crippen molar-refractivity contribution in [2.45, 2.75) is 0 Å².